The van der Waals surface area contributed by atoms with Gasteiger partial charge < -0.3 is 25.1 Å². The van der Waals surface area contributed by atoms with Gasteiger partial charge in [0, 0.05) is 23.5 Å². The minimum Gasteiger partial charge on any atom is -1.00 e. The van der Waals surface area contributed by atoms with Crippen molar-refractivity contribution in [3.63, 3.8) is 0 Å². The molecule has 0 bridgehead atoms. The van der Waals surface area contributed by atoms with Crippen molar-refractivity contribution >= 4 is 19.4 Å². The molecular weight excluding hydrogens is 398 g/mol. The Morgan fingerprint density at radius 1 is 0.800 bits per heavy atom. The first-order chi connectivity index (χ1) is 13.8. The quantitative estimate of drug-likeness (QED) is 0.423. The second-order valence-corrected chi connectivity index (χ2v) is 8.10. The molecule has 30 heavy (non-hydrogen) atoms. The van der Waals surface area contributed by atoms with E-state index in [4.69, 9.17) is 23.7 Å². The predicted molar refractivity (Wildman–Crippen MR) is 117 cm³/mol. The van der Waals surface area contributed by atoms with E-state index in [1.54, 1.807) is 19.2 Å². The number of benzene rings is 2. The Morgan fingerprint density at radius 3 is 1.80 bits per heavy atom. The molecule has 6 nitrogen and oxygen atoms in total. The van der Waals surface area contributed by atoms with E-state index in [0.717, 1.165) is 5.30 Å². The fourth-order valence-electron chi connectivity index (χ4n) is 2.72. The summed E-state index contributed by atoms with van der Waals surface area (Å²) in [6, 6.07) is 8.90. The van der Waals surface area contributed by atoms with Crippen LogP contribution in [0.25, 0.3) is 0 Å². The van der Waals surface area contributed by atoms with E-state index in [-0.39, 0.29) is 46.6 Å². The molecule has 0 aliphatic rings. The van der Waals surface area contributed by atoms with Gasteiger partial charge in [0.2, 0.25) is 0 Å². The van der Waals surface area contributed by atoms with E-state index < -0.39 is 0 Å². The van der Waals surface area contributed by atoms with Crippen molar-refractivity contribution < 1.29 is 48.8 Å². The molecule has 0 saturated heterocycles. The molecule has 0 radical (unpaired) electrons. The van der Waals surface area contributed by atoms with E-state index in [9.17, 15) is 4.79 Å². The Hall–Kier alpha value is -1.86. The summed E-state index contributed by atoms with van der Waals surface area (Å²) in [6.07, 6.45) is 0.0117. The van der Waals surface area contributed by atoms with Crippen LogP contribution in [0.1, 0.15) is 39.5 Å². The van der Waals surface area contributed by atoms with Crippen LogP contribution in [-0.2, 0) is 0 Å². The van der Waals surface area contributed by atoms with Gasteiger partial charge in [-0.15, -0.1) is 0 Å². The van der Waals surface area contributed by atoms with E-state index in [2.05, 4.69) is 0 Å². The van der Waals surface area contributed by atoms with Gasteiger partial charge in [0.25, 0.3) is 0 Å². The molecule has 0 aliphatic heterocycles. The Balaban J connectivity index is 0.00000450. The van der Waals surface area contributed by atoms with Crippen LogP contribution in [0, 0.1) is 0 Å². The zero-order chi connectivity index (χ0) is 21.6. The van der Waals surface area contributed by atoms with Gasteiger partial charge in [-0.25, -0.2) is 0 Å². The van der Waals surface area contributed by atoms with Crippen LogP contribution in [0.5, 0.6) is 28.7 Å². The standard InChI is InChI=1S/C22H29O6P.Li.H/c1-13(2)27-15-8-9-20(17(10-15)28-14(3)4)29-22(23)21-18(25-6)11-16(24-5)12-19(21)26-7;;/h8-14,29H,1-7H3;;/q;+1;-1. The van der Waals surface area contributed by atoms with Gasteiger partial charge in [-0.2, -0.15) is 0 Å². The number of hydrogen-bond acceptors (Lipinski definition) is 6. The molecule has 0 spiro atoms. The van der Waals surface area contributed by atoms with E-state index >= 15 is 0 Å². The summed E-state index contributed by atoms with van der Waals surface area (Å²) >= 11 is 0. The maximum atomic E-state index is 13.2. The summed E-state index contributed by atoms with van der Waals surface area (Å²) < 4.78 is 27.8. The van der Waals surface area contributed by atoms with Crippen LogP contribution >= 0.6 is 8.58 Å². The van der Waals surface area contributed by atoms with Crippen LogP contribution in [0.15, 0.2) is 30.3 Å². The van der Waals surface area contributed by atoms with Crippen molar-refractivity contribution in [2.75, 3.05) is 21.3 Å². The van der Waals surface area contributed by atoms with Crippen molar-refractivity contribution in [1.82, 2.24) is 0 Å². The van der Waals surface area contributed by atoms with Crippen molar-refractivity contribution in [1.29, 1.82) is 0 Å². The Kier molecular flexibility index (Phi) is 10.6. The van der Waals surface area contributed by atoms with Gasteiger partial charge in [0.15, 0.2) is 5.52 Å². The third kappa shape index (κ3) is 6.84. The third-order valence-corrected chi connectivity index (χ3v) is 5.04. The summed E-state index contributed by atoms with van der Waals surface area (Å²) in [5.41, 5.74) is 0.264. The molecule has 0 amide bonds. The average molecular weight is 428 g/mol. The largest absolute Gasteiger partial charge is 1.00 e. The summed E-state index contributed by atoms with van der Waals surface area (Å²) in [6.45, 7) is 7.81. The summed E-state index contributed by atoms with van der Waals surface area (Å²) in [4.78, 5) is 13.2. The molecule has 0 aliphatic carbocycles. The molecule has 1 atom stereocenters. The number of hydrogen-bond donors (Lipinski definition) is 0. The maximum absolute atomic E-state index is 13.2. The van der Waals surface area contributed by atoms with Crippen molar-refractivity contribution in [2.45, 2.75) is 39.9 Å². The summed E-state index contributed by atoms with van der Waals surface area (Å²) in [5.74, 6) is 2.71. The number of ether oxygens (including phenoxy) is 5. The van der Waals surface area contributed by atoms with Crippen LogP contribution < -0.4 is 47.8 Å². The maximum Gasteiger partial charge on any atom is 1.00 e. The summed E-state index contributed by atoms with van der Waals surface area (Å²) in [7, 11) is 4.40. The number of rotatable bonds is 10. The predicted octanol–water partition coefficient (Wildman–Crippen LogP) is 1.55. The molecule has 8 heteroatoms. The molecular formula is C22H30LiO6P. The van der Waals surface area contributed by atoms with E-state index in [0.29, 0.717) is 34.3 Å². The molecule has 0 saturated carbocycles. The summed E-state index contributed by atoms with van der Waals surface area (Å²) in [5, 5.41) is 0.791. The zero-order valence-electron chi connectivity index (χ0n) is 20.0. The van der Waals surface area contributed by atoms with Gasteiger partial charge in [0.05, 0.1) is 33.5 Å². The Bertz CT molecular complexity index is 835. The smallest absolute Gasteiger partial charge is 1.00 e. The monoisotopic (exact) mass is 428 g/mol. The number of methoxy groups -OCH3 is 3. The van der Waals surface area contributed by atoms with Gasteiger partial charge in [0.1, 0.15) is 34.3 Å². The Morgan fingerprint density at radius 2 is 1.33 bits per heavy atom. The molecule has 0 fully saturated rings. The molecule has 0 N–H and O–H groups in total. The molecule has 1 unspecified atom stereocenters. The first kappa shape index (κ1) is 26.2. The van der Waals surface area contributed by atoms with Gasteiger partial charge in [-0.1, -0.05) is 0 Å². The third-order valence-electron chi connectivity index (χ3n) is 3.88. The molecule has 0 aromatic heterocycles. The Labute approximate surface area is 194 Å². The van der Waals surface area contributed by atoms with E-state index in [1.807, 2.05) is 45.9 Å². The van der Waals surface area contributed by atoms with Crippen LogP contribution in [-0.4, -0.2) is 39.1 Å². The zero-order valence-corrected chi connectivity index (χ0v) is 20.0. The van der Waals surface area contributed by atoms with E-state index in [1.165, 1.54) is 14.2 Å². The van der Waals surface area contributed by atoms with Gasteiger partial charge in [-0.05, 0) is 48.4 Å². The second kappa shape index (κ2) is 12.1. The normalized spacial score (nSPS) is 10.8. The molecule has 2 aromatic carbocycles. The van der Waals surface area contributed by atoms with Gasteiger partial charge in [-0.3, -0.25) is 4.79 Å². The molecule has 160 valence electrons. The minimum absolute atomic E-state index is 0. The number of carbonyl (C=O) groups excluding carboxylic acids is 1. The van der Waals surface area contributed by atoms with Gasteiger partial charge >= 0.3 is 18.9 Å². The first-order valence-electron chi connectivity index (χ1n) is 9.37. The van der Waals surface area contributed by atoms with Crippen LogP contribution in [0.4, 0.5) is 0 Å². The molecule has 2 rings (SSSR count). The first-order valence-corrected chi connectivity index (χ1v) is 10.4. The second-order valence-electron chi connectivity index (χ2n) is 6.85. The topological polar surface area (TPSA) is 63.2 Å². The van der Waals surface area contributed by atoms with Crippen LogP contribution in [0.2, 0.25) is 0 Å². The van der Waals surface area contributed by atoms with Crippen molar-refractivity contribution in [3.05, 3.63) is 35.9 Å². The minimum atomic E-state index is -0.178. The number of carbonyl (C=O) groups is 1. The SMILES string of the molecule is COc1cc(OC)c(C(=O)Pc2ccc(OC(C)C)cc2OC(C)C)c(OC)c1.[H-].[Li+]. The average Bonchev–Trinajstić information content (AvgIpc) is 2.67. The molecule has 0 heterocycles. The fourth-order valence-corrected chi connectivity index (χ4v) is 3.75. The fraction of sp³-hybridized carbons (Fsp3) is 0.409. The van der Waals surface area contributed by atoms with Crippen molar-refractivity contribution in [3.8, 4) is 28.7 Å². The van der Waals surface area contributed by atoms with Crippen molar-refractivity contribution in [2.24, 2.45) is 0 Å². The molecule has 2 aromatic rings. The van der Waals surface area contributed by atoms with Crippen LogP contribution in [0.3, 0.4) is 0 Å².